The van der Waals surface area contributed by atoms with E-state index in [4.69, 9.17) is 11.6 Å². The van der Waals surface area contributed by atoms with Gasteiger partial charge in [0, 0.05) is 12.7 Å². The summed E-state index contributed by atoms with van der Waals surface area (Å²) in [6.07, 6.45) is 1.78. The van der Waals surface area contributed by atoms with Crippen LogP contribution in [0.1, 0.15) is 23.1 Å². The highest BCUT2D eigenvalue weighted by Crippen LogP contribution is 2.19. The Morgan fingerprint density at radius 2 is 2.38 bits per heavy atom. The number of amides is 1. The summed E-state index contributed by atoms with van der Waals surface area (Å²) in [5.41, 5.74) is 1.83. The molecule has 2 aromatic rings. The van der Waals surface area contributed by atoms with E-state index in [1.807, 2.05) is 6.92 Å². The van der Waals surface area contributed by atoms with E-state index in [0.29, 0.717) is 28.6 Å². The van der Waals surface area contributed by atoms with Crippen molar-refractivity contribution in [2.45, 2.75) is 13.8 Å². The van der Waals surface area contributed by atoms with Gasteiger partial charge >= 0.3 is 0 Å². The molecule has 0 aliphatic rings. The molecule has 16 heavy (non-hydrogen) atoms. The van der Waals surface area contributed by atoms with E-state index >= 15 is 0 Å². The Morgan fingerprint density at radius 3 is 3.06 bits per heavy atom. The van der Waals surface area contributed by atoms with Gasteiger partial charge in [0.2, 0.25) is 0 Å². The Labute approximate surface area is 98.2 Å². The number of imidazole rings is 1. The first-order chi connectivity index (χ1) is 7.65. The number of fused-ring (bicyclic) bond motifs is 1. The lowest BCUT2D eigenvalue weighted by Gasteiger charge is -2.03. The molecular formula is C11H12ClN3O. The van der Waals surface area contributed by atoms with E-state index in [0.717, 1.165) is 0 Å². The number of rotatable bonds is 2. The lowest BCUT2D eigenvalue weighted by atomic mass is 10.3. The molecule has 4 nitrogen and oxygen atoms in total. The Hall–Kier alpha value is -1.55. The molecule has 84 valence electrons. The van der Waals surface area contributed by atoms with Crippen molar-refractivity contribution in [3.8, 4) is 0 Å². The fourth-order valence-electron chi connectivity index (χ4n) is 1.67. The van der Waals surface area contributed by atoms with Gasteiger partial charge in [-0.2, -0.15) is 0 Å². The molecule has 2 rings (SSSR count). The molecule has 0 aliphatic carbocycles. The van der Waals surface area contributed by atoms with Crippen molar-refractivity contribution in [2.75, 3.05) is 6.54 Å². The summed E-state index contributed by atoms with van der Waals surface area (Å²) in [4.78, 5) is 16.1. The van der Waals surface area contributed by atoms with Crippen molar-refractivity contribution in [3.63, 3.8) is 0 Å². The second kappa shape index (κ2) is 4.14. The maximum absolute atomic E-state index is 11.8. The van der Waals surface area contributed by atoms with Crippen LogP contribution in [0.15, 0.2) is 18.3 Å². The SMILES string of the molecule is CCNC(=O)c1c(C)nc2c(Cl)cccn12. The van der Waals surface area contributed by atoms with Crippen molar-refractivity contribution in [1.82, 2.24) is 14.7 Å². The van der Waals surface area contributed by atoms with Crippen LogP contribution in [-0.2, 0) is 0 Å². The number of carbonyl (C=O) groups excluding carboxylic acids is 1. The van der Waals surface area contributed by atoms with Crippen molar-refractivity contribution in [2.24, 2.45) is 0 Å². The number of hydrogen-bond donors (Lipinski definition) is 1. The van der Waals surface area contributed by atoms with Crippen LogP contribution in [0.5, 0.6) is 0 Å². The van der Waals surface area contributed by atoms with E-state index in [1.54, 1.807) is 29.7 Å². The molecule has 5 heteroatoms. The topological polar surface area (TPSA) is 46.4 Å². The number of carbonyl (C=O) groups is 1. The molecule has 0 saturated heterocycles. The lowest BCUT2D eigenvalue weighted by Crippen LogP contribution is -2.24. The molecule has 1 amide bonds. The molecule has 0 aliphatic heterocycles. The van der Waals surface area contributed by atoms with Gasteiger partial charge in [-0.3, -0.25) is 9.20 Å². The van der Waals surface area contributed by atoms with Gasteiger partial charge in [-0.15, -0.1) is 0 Å². The Morgan fingerprint density at radius 1 is 1.62 bits per heavy atom. The van der Waals surface area contributed by atoms with Gasteiger partial charge in [0.15, 0.2) is 5.65 Å². The van der Waals surface area contributed by atoms with Crippen molar-refractivity contribution in [3.05, 3.63) is 34.7 Å². The Balaban J connectivity index is 2.65. The minimum Gasteiger partial charge on any atom is -0.351 e. The summed E-state index contributed by atoms with van der Waals surface area (Å²) in [5, 5.41) is 3.30. The van der Waals surface area contributed by atoms with E-state index in [1.165, 1.54) is 0 Å². The number of aromatic nitrogens is 2. The van der Waals surface area contributed by atoms with Crippen LogP contribution >= 0.6 is 11.6 Å². The summed E-state index contributed by atoms with van der Waals surface area (Å²) in [5.74, 6) is -0.130. The monoisotopic (exact) mass is 237 g/mol. The van der Waals surface area contributed by atoms with Crippen LogP contribution in [0.3, 0.4) is 0 Å². The van der Waals surface area contributed by atoms with Crippen LogP contribution in [0.25, 0.3) is 5.65 Å². The van der Waals surface area contributed by atoms with Gasteiger partial charge < -0.3 is 5.32 Å². The number of nitrogens with one attached hydrogen (secondary N) is 1. The molecule has 0 radical (unpaired) electrons. The second-order valence-corrected chi connectivity index (χ2v) is 3.86. The summed E-state index contributed by atoms with van der Waals surface area (Å²) in [6.45, 7) is 4.27. The second-order valence-electron chi connectivity index (χ2n) is 3.46. The number of aryl methyl sites for hydroxylation is 1. The Kier molecular flexibility index (Phi) is 2.83. The van der Waals surface area contributed by atoms with Crippen LogP contribution in [-0.4, -0.2) is 21.8 Å². The smallest absolute Gasteiger partial charge is 0.270 e. The predicted molar refractivity (Wildman–Crippen MR) is 62.9 cm³/mol. The maximum atomic E-state index is 11.8. The van der Waals surface area contributed by atoms with Crippen LogP contribution < -0.4 is 5.32 Å². The van der Waals surface area contributed by atoms with Crippen LogP contribution in [0, 0.1) is 6.92 Å². The van der Waals surface area contributed by atoms with Crippen LogP contribution in [0.2, 0.25) is 5.02 Å². The number of halogens is 1. The Bertz CT molecular complexity index is 547. The fraction of sp³-hybridized carbons (Fsp3) is 0.273. The number of nitrogens with zero attached hydrogens (tertiary/aromatic N) is 2. The molecule has 0 bridgehead atoms. The summed E-state index contributed by atoms with van der Waals surface area (Å²) in [7, 11) is 0. The molecule has 0 saturated carbocycles. The normalized spacial score (nSPS) is 10.7. The molecule has 2 heterocycles. The molecule has 0 spiro atoms. The van der Waals surface area contributed by atoms with Gasteiger partial charge in [-0.05, 0) is 26.0 Å². The molecule has 1 N–H and O–H groups in total. The average Bonchev–Trinajstić information content (AvgIpc) is 2.56. The fourth-order valence-corrected chi connectivity index (χ4v) is 1.87. The van der Waals surface area contributed by atoms with Gasteiger partial charge in [0.05, 0.1) is 10.7 Å². The standard InChI is InChI=1S/C11H12ClN3O/c1-3-13-11(16)9-7(2)14-10-8(12)5-4-6-15(9)10/h4-6H,3H2,1-2H3,(H,13,16). The summed E-state index contributed by atoms with van der Waals surface area (Å²) < 4.78 is 1.71. The minimum atomic E-state index is -0.130. The predicted octanol–water partition coefficient (Wildman–Crippen LogP) is 2.05. The lowest BCUT2D eigenvalue weighted by molar-refractivity contribution is 0.0949. The summed E-state index contributed by atoms with van der Waals surface area (Å²) in [6, 6.07) is 3.55. The highest BCUT2D eigenvalue weighted by atomic mass is 35.5. The van der Waals surface area contributed by atoms with Crippen LogP contribution in [0.4, 0.5) is 0 Å². The van der Waals surface area contributed by atoms with E-state index < -0.39 is 0 Å². The van der Waals surface area contributed by atoms with Crippen molar-refractivity contribution in [1.29, 1.82) is 0 Å². The molecule has 2 aromatic heterocycles. The van der Waals surface area contributed by atoms with Gasteiger partial charge in [-0.1, -0.05) is 11.6 Å². The highest BCUT2D eigenvalue weighted by Gasteiger charge is 2.16. The average molecular weight is 238 g/mol. The first-order valence-corrected chi connectivity index (χ1v) is 5.44. The molecule has 0 atom stereocenters. The highest BCUT2D eigenvalue weighted by molar-refractivity contribution is 6.33. The molecule has 0 aromatic carbocycles. The third kappa shape index (κ3) is 1.65. The minimum absolute atomic E-state index is 0.130. The zero-order valence-electron chi connectivity index (χ0n) is 9.12. The zero-order valence-corrected chi connectivity index (χ0v) is 9.88. The summed E-state index contributed by atoms with van der Waals surface area (Å²) >= 11 is 6.01. The van der Waals surface area contributed by atoms with E-state index in [2.05, 4.69) is 10.3 Å². The molecule has 0 unspecified atom stereocenters. The number of hydrogen-bond acceptors (Lipinski definition) is 2. The van der Waals surface area contributed by atoms with E-state index in [-0.39, 0.29) is 5.91 Å². The largest absolute Gasteiger partial charge is 0.351 e. The van der Waals surface area contributed by atoms with Crippen molar-refractivity contribution >= 4 is 23.2 Å². The van der Waals surface area contributed by atoms with Crippen molar-refractivity contribution < 1.29 is 4.79 Å². The quantitative estimate of drug-likeness (QED) is 0.869. The third-order valence-electron chi connectivity index (χ3n) is 2.33. The first kappa shape index (κ1) is 11.0. The number of pyridine rings is 1. The first-order valence-electron chi connectivity index (χ1n) is 5.06. The molecular weight excluding hydrogens is 226 g/mol. The third-order valence-corrected chi connectivity index (χ3v) is 2.62. The van der Waals surface area contributed by atoms with E-state index in [9.17, 15) is 4.79 Å². The zero-order chi connectivity index (χ0) is 11.7. The molecule has 0 fully saturated rings. The van der Waals surface area contributed by atoms with Gasteiger partial charge in [0.1, 0.15) is 5.69 Å². The maximum Gasteiger partial charge on any atom is 0.270 e. The van der Waals surface area contributed by atoms with Gasteiger partial charge in [-0.25, -0.2) is 4.98 Å². The van der Waals surface area contributed by atoms with Gasteiger partial charge in [0.25, 0.3) is 5.91 Å².